The summed E-state index contributed by atoms with van der Waals surface area (Å²) in [7, 11) is 0. The Bertz CT molecular complexity index is 1800. The van der Waals surface area contributed by atoms with Gasteiger partial charge in [-0.2, -0.15) is 13.2 Å². The minimum Gasteiger partial charge on any atom is -0.462 e. The molecule has 6 rings (SSSR count). The number of aliphatic hydroxyl groups is 1. The number of pyridine rings is 1. The molecule has 1 aromatic rings. The topological polar surface area (TPSA) is 140 Å². The lowest BCUT2D eigenvalue weighted by Gasteiger charge is -2.51. The molecule has 0 unspecified atom stereocenters. The van der Waals surface area contributed by atoms with Gasteiger partial charge in [-0.25, -0.2) is 4.79 Å². The average molecular weight is 802 g/mol. The predicted molar refractivity (Wildman–Crippen MR) is 200 cm³/mol. The van der Waals surface area contributed by atoms with Crippen molar-refractivity contribution in [2.45, 2.75) is 141 Å². The maximum atomic E-state index is 14.5. The minimum absolute atomic E-state index is 0.0679. The second-order valence-corrected chi connectivity index (χ2v) is 16.5. The van der Waals surface area contributed by atoms with E-state index >= 15 is 0 Å². The summed E-state index contributed by atoms with van der Waals surface area (Å²) in [5.74, 6) is -4.18. The molecule has 1 aliphatic carbocycles. The molecule has 1 spiro atoms. The van der Waals surface area contributed by atoms with Crippen LogP contribution >= 0.6 is 0 Å². The van der Waals surface area contributed by atoms with Crippen molar-refractivity contribution in [2.24, 2.45) is 23.7 Å². The molecule has 5 heterocycles. The second-order valence-electron chi connectivity index (χ2n) is 16.5. The summed E-state index contributed by atoms with van der Waals surface area (Å²) in [4.78, 5) is 43.4. The van der Waals surface area contributed by atoms with Gasteiger partial charge in [0.2, 0.25) is 0 Å². The summed E-state index contributed by atoms with van der Waals surface area (Å²) in [6, 6.07) is 1.64. The molecule has 0 amide bonds. The van der Waals surface area contributed by atoms with Gasteiger partial charge in [0.1, 0.15) is 35.5 Å². The number of esters is 3. The number of hydrogen-bond acceptors (Lipinski definition) is 11. The van der Waals surface area contributed by atoms with Crippen LogP contribution in [-0.2, 0) is 44.2 Å². The van der Waals surface area contributed by atoms with Crippen molar-refractivity contribution < 1.29 is 61.1 Å². The fourth-order valence-electron chi connectivity index (χ4n) is 8.92. The highest BCUT2D eigenvalue weighted by Crippen LogP contribution is 2.48. The van der Waals surface area contributed by atoms with Crippen LogP contribution in [0.1, 0.15) is 103 Å². The van der Waals surface area contributed by atoms with Gasteiger partial charge < -0.3 is 33.5 Å². The number of aromatic nitrogens is 1. The number of fused-ring (bicyclic) bond motifs is 2. The molecule has 14 heteroatoms. The zero-order valence-electron chi connectivity index (χ0n) is 33.5. The van der Waals surface area contributed by atoms with Crippen LogP contribution in [0.25, 0.3) is 0 Å². The third-order valence-corrected chi connectivity index (χ3v) is 12.2. The van der Waals surface area contributed by atoms with Crippen LogP contribution in [0.3, 0.4) is 0 Å². The molecular formula is C43H54F3NO10. The SMILES string of the molecule is CC[C@H](C)[C@H]1O[C@]2(CC[C@@H]1C)C[C@@H]1C[C@@H](C/C=C(\C)[C@@H](OC(C)=O)[C@@H](C)/C=C/C=C3\CO[C@@H]4[C@H](OC(=O)c5ccc(C(F)(F)F)nc5)C(C)=C[C@@H](C(=O)O1)[C@]34O)O2. The smallest absolute Gasteiger partial charge is 0.433 e. The van der Waals surface area contributed by atoms with Crippen molar-refractivity contribution in [1.29, 1.82) is 0 Å². The predicted octanol–water partition coefficient (Wildman–Crippen LogP) is 7.38. The molecular weight excluding hydrogens is 747 g/mol. The van der Waals surface area contributed by atoms with E-state index in [0.29, 0.717) is 42.4 Å². The van der Waals surface area contributed by atoms with Gasteiger partial charge in [-0.05, 0) is 67.4 Å². The summed E-state index contributed by atoms with van der Waals surface area (Å²) >= 11 is 0. The van der Waals surface area contributed by atoms with Crippen molar-refractivity contribution in [3.05, 3.63) is 76.7 Å². The molecule has 0 radical (unpaired) electrons. The number of hydrogen-bond donors (Lipinski definition) is 1. The Morgan fingerprint density at radius 3 is 2.51 bits per heavy atom. The highest BCUT2D eigenvalue weighted by molar-refractivity contribution is 5.89. The Labute approximate surface area is 331 Å². The first-order valence-electron chi connectivity index (χ1n) is 19.9. The van der Waals surface area contributed by atoms with Gasteiger partial charge in [-0.1, -0.05) is 64.5 Å². The van der Waals surface area contributed by atoms with Crippen molar-refractivity contribution in [1.82, 2.24) is 4.98 Å². The summed E-state index contributed by atoms with van der Waals surface area (Å²) in [5.41, 5.74) is -1.96. The number of nitrogens with zero attached hydrogens (tertiary/aromatic N) is 1. The number of rotatable bonds is 5. The molecule has 11 nitrogen and oxygen atoms in total. The summed E-state index contributed by atoms with van der Waals surface area (Å²) in [6.07, 6.45) is 3.93. The zero-order chi connectivity index (χ0) is 41.4. The van der Waals surface area contributed by atoms with E-state index in [1.807, 2.05) is 26.0 Å². The van der Waals surface area contributed by atoms with Gasteiger partial charge in [0, 0.05) is 38.3 Å². The van der Waals surface area contributed by atoms with E-state index in [0.717, 1.165) is 30.7 Å². The average Bonchev–Trinajstić information content (AvgIpc) is 3.49. The normalized spacial score (nSPS) is 39.0. The van der Waals surface area contributed by atoms with Crippen molar-refractivity contribution in [3.63, 3.8) is 0 Å². The third kappa shape index (κ3) is 8.94. The van der Waals surface area contributed by atoms with E-state index < -0.39 is 77.6 Å². The molecule has 4 aliphatic heterocycles. The van der Waals surface area contributed by atoms with Gasteiger partial charge in [0.15, 0.2) is 11.9 Å². The van der Waals surface area contributed by atoms with E-state index in [9.17, 15) is 32.7 Å². The van der Waals surface area contributed by atoms with E-state index in [1.165, 1.54) is 13.0 Å². The third-order valence-electron chi connectivity index (χ3n) is 12.2. The van der Waals surface area contributed by atoms with Crippen LogP contribution in [0.4, 0.5) is 13.2 Å². The molecule has 12 atom stereocenters. The minimum atomic E-state index is -4.70. The monoisotopic (exact) mass is 801 g/mol. The highest BCUT2D eigenvalue weighted by atomic mass is 19.4. The van der Waals surface area contributed by atoms with Crippen LogP contribution in [-0.4, -0.2) is 82.6 Å². The van der Waals surface area contributed by atoms with Gasteiger partial charge in [0.25, 0.3) is 0 Å². The largest absolute Gasteiger partial charge is 0.462 e. The van der Waals surface area contributed by atoms with Gasteiger partial charge >= 0.3 is 24.1 Å². The second kappa shape index (κ2) is 16.8. The van der Waals surface area contributed by atoms with Gasteiger partial charge in [0.05, 0.1) is 24.4 Å². The van der Waals surface area contributed by atoms with Crippen molar-refractivity contribution in [3.8, 4) is 0 Å². The Kier molecular flexibility index (Phi) is 12.6. The standard InChI is InChI=1S/C43H54F3NO10/c1-8-23(2)36-26(5)16-17-41(57-36)20-32-19-31(56-41)14-12-25(4)35(53-28(7)48)24(3)10-9-11-30-22-52-38-37(27(6)18-33(40(50)54-32)42(30,38)51)55-39(49)29-13-15-34(47-21-29)43(44,45)46/h9-13,15,18,21,23-24,26,31-33,35-38,51H,8,14,16-17,19-20,22H2,1-7H3/b10-9+,25-12+,30-11+/t23-,24-,26-,31+,32-,33-,35-,36+,37+,38+,41+,42+/m0/s1. The number of carbonyl (C=O) groups is 3. The Morgan fingerprint density at radius 1 is 1.09 bits per heavy atom. The maximum absolute atomic E-state index is 14.5. The first-order valence-corrected chi connectivity index (χ1v) is 19.9. The summed E-state index contributed by atoms with van der Waals surface area (Å²) < 4.78 is 77.2. The molecule has 1 N–H and O–H groups in total. The number of carbonyl (C=O) groups excluding carboxylic acids is 3. The first-order chi connectivity index (χ1) is 26.8. The summed E-state index contributed by atoms with van der Waals surface area (Å²) in [6.45, 7) is 13.1. The molecule has 5 aliphatic rings. The van der Waals surface area contributed by atoms with Crippen LogP contribution in [0.5, 0.6) is 0 Å². The van der Waals surface area contributed by atoms with Gasteiger partial charge in [-0.3, -0.25) is 14.6 Å². The van der Waals surface area contributed by atoms with Crippen LogP contribution in [0.15, 0.2) is 65.4 Å². The van der Waals surface area contributed by atoms with Crippen molar-refractivity contribution >= 4 is 17.9 Å². The fraction of sp³-hybridized carbons (Fsp3) is 0.628. The van der Waals surface area contributed by atoms with E-state index in [4.69, 9.17) is 28.4 Å². The molecule has 57 heavy (non-hydrogen) atoms. The summed E-state index contributed by atoms with van der Waals surface area (Å²) in [5, 5.41) is 12.7. The van der Waals surface area contributed by atoms with Crippen LogP contribution < -0.4 is 0 Å². The number of alkyl halides is 3. The molecule has 1 aromatic heterocycles. The number of allylic oxidation sites excluding steroid dienone is 2. The molecule has 0 saturated carbocycles. The molecule has 0 aromatic carbocycles. The van der Waals surface area contributed by atoms with E-state index in [2.05, 4.69) is 25.8 Å². The lowest BCUT2D eigenvalue weighted by Crippen LogP contribution is -2.59. The van der Waals surface area contributed by atoms with E-state index in [-0.39, 0.29) is 36.5 Å². The Balaban J connectivity index is 1.38. The first kappa shape index (κ1) is 42.7. The van der Waals surface area contributed by atoms with Crippen molar-refractivity contribution in [2.75, 3.05) is 6.61 Å². The maximum Gasteiger partial charge on any atom is 0.433 e. The lowest BCUT2D eigenvalue weighted by molar-refractivity contribution is -0.340. The number of ether oxygens (including phenoxy) is 6. The fourth-order valence-corrected chi connectivity index (χ4v) is 8.92. The Hall–Kier alpha value is -3.85. The van der Waals surface area contributed by atoms with E-state index in [1.54, 1.807) is 19.1 Å². The highest BCUT2D eigenvalue weighted by Gasteiger charge is 2.61. The lowest BCUT2D eigenvalue weighted by atomic mass is 9.70. The molecule has 2 bridgehead atoms. The molecule has 3 fully saturated rings. The quantitative estimate of drug-likeness (QED) is 0.181. The molecule has 3 saturated heterocycles. The van der Waals surface area contributed by atoms with Gasteiger partial charge in [-0.15, -0.1) is 0 Å². The zero-order valence-corrected chi connectivity index (χ0v) is 33.5. The number of halogens is 3. The van der Waals surface area contributed by atoms with Crippen LogP contribution in [0, 0.1) is 23.7 Å². The Morgan fingerprint density at radius 2 is 1.84 bits per heavy atom. The van der Waals surface area contributed by atoms with Crippen LogP contribution in [0.2, 0.25) is 0 Å². The molecule has 312 valence electrons.